The first-order chi connectivity index (χ1) is 6.77. The molecule has 1 aliphatic rings. The molecule has 1 aromatic carbocycles. The highest BCUT2D eigenvalue weighted by Gasteiger charge is 2.24. The summed E-state index contributed by atoms with van der Waals surface area (Å²) >= 11 is 1.68. The summed E-state index contributed by atoms with van der Waals surface area (Å²) in [5.41, 5.74) is 2.10. The van der Waals surface area contributed by atoms with Crippen molar-refractivity contribution in [1.82, 2.24) is 0 Å². The zero-order valence-electron chi connectivity index (χ0n) is 7.69. The van der Waals surface area contributed by atoms with Gasteiger partial charge in [-0.2, -0.15) is 0 Å². The molecule has 0 spiro atoms. The zero-order chi connectivity index (χ0) is 9.71. The number of thiophene rings is 1. The van der Waals surface area contributed by atoms with Gasteiger partial charge in [-0.15, -0.1) is 11.3 Å². The number of hydrogen-bond acceptors (Lipinski definition) is 2. The molecule has 0 bridgehead atoms. The van der Waals surface area contributed by atoms with E-state index >= 15 is 0 Å². The molecule has 0 saturated heterocycles. The van der Waals surface area contributed by atoms with Crippen LogP contribution < -0.4 is 0 Å². The molecule has 0 fully saturated rings. The number of benzene rings is 1. The summed E-state index contributed by atoms with van der Waals surface area (Å²) in [6.45, 7) is 1.98. The van der Waals surface area contributed by atoms with E-state index in [0.717, 1.165) is 11.3 Å². The van der Waals surface area contributed by atoms with Crippen LogP contribution in [-0.4, -0.2) is 11.0 Å². The van der Waals surface area contributed by atoms with Crippen LogP contribution in [0.4, 0.5) is 5.69 Å². The number of aliphatic hydroxyl groups excluding tert-OH is 1. The van der Waals surface area contributed by atoms with Crippen molar-refractivity contribution in [1.29, 1.82) is 0 Å². The van der Waals surface area contributed by atoms with Gasteiger partial charge in [0.05, 0.1) is 16.3 Å². The monoisotopic (exact) mass is 203 g/mol. The van der Waals surface area contributed by atoms with Gasteiger partial charge in [0.15, 0.2) is 5.90 Å². The van der Waals surface area contributed by atoms with E-state index in [4.69, 9.17) is 0 Å². The Morgan fingerprint density at radius 2 is 2.21 bits per heavy atom. The Morgan fingerprint density at radius 1 is 1.36 bits per heavy atom. The fourth-order valence-corrected chi connectivity index (χ4v) is 2.75. The van der Waals surface area contributed by atoms with E-state index in [-0.39, 0.29) is 11.8 Å². The fourth-order valence-electron chi connectivity index (χ4n) is 1.85. The van der Waals surface area contributed by atoms with E-state index in [0.29, 0.717) is 0 Å². The SMILES string of the molecule is CC1C(O)=Nc2c1ccc1ccsc21. The Balaban J connectivity index is 2.42. The highest BCUT2D eigenvalue weighted by atomic mass is 32.1. The summed E-state index contributed by atoms with van der Waals surface area (Å²) in [5.74, 6) is 0.289. The minimum Gasteiger partial charge on any atom is -0.496 e. The molecule has 1 aliphatic heterocycles. The molecule has 3 heteroatoms. The molecule has 1 atom stereocenters. The molecular formula is C11H9NOS. The fraction of sp³-hybridized carbons (Fsp3) is 0.182. The normalized spacial score (nSPS) is 19.8. The smallest absolute Gasteiger partial charge is 0.193 e. The lowest BCUT2D eigenvalue weighted by Crippen LogP contribution is -2.01. The van der Waals surface area contributed by atoms with Crippen molar-refractivity contribution in [3.8, 4) is 0 Å². The lowest BCUT2D eigenvalue weighted by Gasteiger charge is -2.03. The second-order valence-corrected chi connectivity index (χ2v) is 4.45. The van der Waals surface area contributed by atoms with Crippen LogP contribution in [0.3, 0.4) is 0 Å². The second-order valence-electron chi connectivity index (χ2n) is 3.53. The van der Waals surface area contributed by atoms with Crippen molar-refractivity contribution in [3.63, 3.8) is 0 Å². The van der Waals surface area contributed by atoms with E-state index in [9.17, 15) is 5.11 Å². The van der Waals surface area contributed by atoms with Gasteiger partial charge in [0, 0.05) is 0 Å². The molecular weight excluding hydrogens is 194 g/mol. The Hall–Kier alpha value is -1.35. The molecule has 0 radical (unpaired) electrons. The van der Waals surface area contributed by atoms with E-state index in [1.807, 2.05) is 6.92 Å². The summed E-state index contributed by atoms with van der Waals surface area (Å²) in [5, 5.41) is 12.8. The van der Waals surface area contributed by atoms with Crippen LogP contribution >= 0.6 is 11.3 Å². The van der Waals surface area contributed by atoms with E-state index in [1.165, 1.54) is 10.1 Å². The van der Waals surface area contributed by atoms with Crippen molar-refractivity contribution in [2.75, 3.05) is 0 Å². The maximum atomic E-state index is 9.57. The first-order valence-electron chi connectivity index (χ1n) is 4.55. The maximum Gasteiger partial charge on any atom is 0.193 e. The highest BCUT2D eigenvalue weighted by Crippen LogP contribution is 2.42. The van der Waals surface area contributed by atoms with Gasteiger partial charge < -0.3 is 5.11 Å². The van der Waals surface area contributed by atoms with Crippen LogP contribution in [0.2, 0.25) is 0 Å². The van der Waals surface area contributed by atoms with Gasteiger partial charge in [-0.05, 0) is 29.3 Å². The van der Waals surface area contributed by atoms with Gasteiger partial charge in [-0.3, -0.25) is 0 Å². The first kappa shape index (κ1) is 8.00. The summed E-state index contributed by atoms with van der Waals surface area (Å²) < 4.78 is 1.18. The molecule has 2 heterocycles. The van der Waals surface area contributed by atoms with Crippen molar-refractivity contribution in [2.24, 2.45) is 4.99 Å². The van der Waals surface area contributed by atoms with Crippen LogP contribution in [-0.2, 0) is 0 Å². The molecule has 1 aromatic heterocycles. The molecule has 0 saturated carbocycles. The van der Waals surface area contributed by atoms with Crippen molar-refractivity contribution >= 4 is 33.0 Å². The lowest BCUT2D eigenvalue weighted by molar-refractivity contribution is 0.527. The number of aliphatic imine (C=N–C) groups is 1. The Bertz CT molecular complexity index is 541. The third-order valence-electron chi connectivity index (χ3n) is 2.71. The number of hydrogen-bond donors (Lipinski definition) is 1. The van der Waals surface area contributed by atoms with Crippen molar-refractivity contribution in [3.05, 3.63) is 29.1 Å². The van der Waals surface area contributed by atoms with Crippen molar-refractivity contribution in [2.45, 2.75) is 12.8 Å². The van der Waals surface area contributed by atoms with Crippen LogP contribution in [0.5, 0.6) is 0 Å². The van der Waals surface area contributed by atoms with Gasteiger partial charge in [0.1, 0.15) is 0 Å². The van der Waals surface area contributed by atoms with Gasteiger partial charge in [-0.25, -0.2) is 4.99 Å². The highest BCUT2D eigenvalue weighted by molar-refractivity contribution is 7.17. The number of nitrogens with zero attached hydrogens (tertiary/aromatic N) is 1. The summed E-state index contributed by atoms with van der Waals surface area (Å²) in [6, 6.07) is 6.23. The first-order valence-corrected chi connectivity index (χ1v) is 5.43. The van der Waals surface area contributed by atoms with Gasteiger partial charge in [0.25, 0.3) is 0 Å². The minimum absolute atomic E-state index is 0.0523. The Morgan fingerprint density at radius 3 is 3.07 bits per heavy atom. The molecule has 2 aromatic rings. The van der Waals surface area contributed by atoms with E-state index in [2.05, 4.69) is 28.6 Å². The van der Waals surface area contributed by atoms with Gasteiger partial charge in [0.2, 0.25) is 0 Å². The zero-order valence-corrected chi connectivity index (χ0v) is 8.51. The number of aliphatic hydroxyl groups is 1. The molecule has 1 N–H and O–H groups in total. The molecule has 2 nitrogen and oxygen atoms in total. The van der Waals surface area contributed by atoms with Crippen LogP contribution in [0.15, 0.2) is 28.6 Å². The third kappa shape index (κ3) is 0.876. The van der Waals surface area contributed by atoms with Crippen molar-refractivity contribution < 1.29 is 5.11 Å². The molecule has 1 unspecified atom stereocenters. The van der Waals surface area contributed by atoms with E-state index in [1.54, 1.807) is 11.3 Å². The summed E-state index contributed by atoms with van der Waals surface area (Å²) in [4.78, 5) is 4.22. The van der Waals surface area contributed by atoms with Gasteiger partial charge >= 0.3 is 0 Å². The minimum atomic E-state index is 0.0523. The average molecular weight is 203 g/mol. The van der Waals surface area contributed by atoms with Crippen LogP contribution in [0.1, 0.15) is 18.4 Å². The second kappa shape index (κ2) is 2.58. The summed E-state index contributed by atoms with van der Waals surface area (Å²) in [6.07, 6.45) is 0. The molecule has 0 aliphatic carbocycles. The topological polar surface area (TPSA) is 32.6 Å². The Labute approximate surface area is 85.5 Å². The van der Waals surface area contributed by atoms with Crippen LogP contribution in [0.25, 0.3) is 10.1 Å². The Kier molecular flexibility index (Phi) is 1.47. The predicted octanol–water partition coefficient (Wildman–Crippen LogP) is 3.61. The predicted molar refractivity (Wildman–Crippen MR) is 60.0 cm³/mol. The quantitative estimate of drug-likeness (QED) is 0.697. The lowest BCUT2D eigenvalue weighted by atomic mass is 10.0. The van der Waals surface area contributed by atoms with Gasteiger partial charge in [-0.1, -0.05) is 12.1 Å². The van der Waals surface area contributed by atoms with E-state index < -0.39 is 0 Å². The maximum absolute atomic E-state index is 9.57. The molecule has 3 rings (SSSR count). The standard InChI is InChI=1S/C11H9NOS/c1-6-8-3-2-7-4-5-14-10(7)9(8)12-11(6)13/h2-6H,1H3,(H,12,13). The number of rotatable bonds is 0. The molecule has 14 heavy (non-hydrogen) atoms. The third-order valence-corrected chi connectivity index (χ3v) is 3.64. The largest absolute Gasteiger partial charge is 0.496 e. The molecule has 70 valence electrons. The summed E-state index contributed by atoms with van der Waals surface area (Å²) in [7, 11) is 0. The van der Waals surface area contributed by atoms with Crippen LogP contribution in [0, 0.1) is 0 Å². The molecule has 0 amide bonds. The average Bonchev–Trinajstić information content (AvgIpc) is 2.73. The number of fused-ring (bicyclic) bond motifs is 3.